The lowest BCUT2D eigenvalue weighted by Gasteiger charge is -2.19. The molecule has 0 spiro atoms. The van der Waals surface area contributed by atoms with Crippen LogP contribution in [-0.2, 0) is 4.79 Å². The maximum Gasteiger partial charge on any atom is 0.255 e. The zero-order chi connectivity index (χ0) is 19.6. The Hall–Kier alpha value is -3.02. The van der Waals surface area contributed by atoms with Crippen molar-refractivity contribution in [1.82, 2.24) is 5.32 Å². The number of para-hydroxylation sites is 1. The largest absolute Gasteiger partial charge is 0.493 e. The predicted molar refractivity (Wildman–Crippen MR) is 104 cm³/mol. The van der Waals surface area contributed by atoms with Gasteiger partial charge >= 0.3 is 0 Å². The molecular weight excluding hydrogens is 344 g/mol. The summed E-state index contributed by atoms with van der Waals surface area (Å²) in [6.07, 6.45) is 0.269. The summed E-state index contributed by atoms with van der Waals surface area (Å²) in [5.74, 6) is 0.587. The molecule has 0 bridgehead atoms. The van der Waals surface area contributed by atoms with Gasteiger partial charge in [0.1, 0.15) is 0 Å². The minimum absolute atomic E-state index is 0.00107. The van der Waals surface area contributed by atoms with Gasteiger partial charge in [-0.05, 0) is 49.2 Å². The number of nitrogens with one attached hydrogen (secondary N) is 1. The van der Waals surface area contributed by atoms with E-state index in [0.717, 1.165) is 11.3 Å². The Bertz CT molecular complexity index is 878. The van der Waals surface area contributed by atoms with Gasteiger partial charge in [0, 0.05) is 18.7 Å². The summed E-state index contributed by atoms with van der Waals surface area (Å²) >= 11 is 0. The first-order valence-corrected chi connectivity index (χ1v) is 8.84. The highest BCUT2D eigenvalue weighted by Gasteiger charge is 2.32. The Kier molecular flexibility index (Phi) is 5.35. The summed E-state index contributed by atoms with van der Waals surface area (Å²) < 4.78 is 10.6. The molecule has 0 radical (unpaired) electrons. The average molecular weight is 368 g/mol. The Balaban J connectivity index is 1.75. The highest BCUT2D eigenvalue weighted by atomic mass is 16.5. The molecule has 2 aromatic carbocycles. The molecule has 0 saturated carbocycles. The topological polar surface area (TPSA) is 67.9 Å². The number of nitrogens with zero attached hydrogens (tertiary/aromatic N) is 1. The zero-order valence-corrected chi connectivity index (χ0v) is 16.0. The third-order valence-corrected chi connectivity index (χ3v) is 4.91. The van der Waals surface area contributed by atoms with Crippen molar-refractivity contribution < 1.29 is 19.1 Å². The van der Waals surface area contributed by atoms with E-state index in [0.29, 0.717) is 23.6 Å². The lowest BCUT2D eigenvalue weighted by molar-refractivity contribution is -0.117. The van der Waals surface area contributed by atoms with Gasteiger partial charge < -0.3 is 19.7 Å². The molecule has 1 heterocycles. The van der Waals surface area contributed by atoms with Crippen molar-refractivity contribution in [3.8, 4) is 11.5 Å². The summed E-state index contributed by atoms with van der Waals surface area (Å²) in [7, 11) is 3.02. The third-order valence-electron chi connectivity index (χ3n) is 4.91. The molecule has 1 fully saturated rings. The van der Waals surface area contributed by atoms with E-state index in [-0.39, 0.29) is 24.3 Å². The molecule has 0 aromatic heterocycles. The number of carbonyl (C=O) groups excluding carboxylic acids is 2. The number of aryl methyl sites for hydroxylation is 2. The van der Waals surface area contributed by atoms with E-state index >= 15 is 0 Å². The molecule has 0 unspecified atom stereocenters. The minimum atomic E-state index is -0.287. The van der Waals surface area contributed by atoms with Crippen molar-refractivity contribution in [3.63, 3.8) is 0 Å². The average Bonchev–Trinajstić information content (AvgIpc) is 3.03. The Morgan fingerprint density at radius 1 is 1.11 bits per heavy atom. The Morgan fingerprint density at radius 2 is 1.89 bits per heavy atom. The molecule has 2 amide bonds. The number of hydrogen-bond donors (Lipinski definition) is 1. The van der Waals surface area contributed by atoms with E-state index in [9.17, 15) is 9.59 Å². The smallest absolute Gasteiger partial charge is 0.255 e. The first kappa shape index (κ1) is 18.8. The number of anilines is 1. The molecule has 142 valence electrons. The van der Waals surface area contributed by atoms with Gasteiger partial charge in [-0.1, -0.05) is 12.1 Å². The summed E-state index contributed by atoms with van der Waals surface area (Å²) in [5.41, 5.74) is 3.56. The molecule has 1 aliphatic heterocycles. The quantitative estimate of drug-likeness (QED) is 0.881. The fraction of sp³-hybridized carbons (Fsp3) is 0.333. The van der Waals surface area contributed by atoms with Gasteiger partial charge in [0.05, 0.1) is 25.8 Å². The summed E-state index contributed by atoms with van der Waals surface area (Å²) in [6.45, 7) is 4.50. The second-order valence-corrected chi connectivity index (χ2v) is 6.69. The van der Waals surface area contributed by atoms with Crippen LogP contribution in [0, 0.1) is 13.8 Å². The van der Waals surface area contributed by atoms with Gasteiger partial charge in [0.2, 0.25) is 5.91 Å². The number of ether oxygens (including phenoxy) is 2. The predicted octanol–water partition coefficient (Wildman–Crippen LogP) is 2.86. The van der Waals surface area contributed by atoms with Crippen LogP contribution in [0.15, 0.2) is 36.4 Å². The third kappa shape index (κ3) is 3.74. The fourth-order valence-corrected chi connectivity index (χ4v) is 3.28. The van der Waals surface area contributed by atoms with E-state index < -0.39 is 0 Å². The monoisotopic (exact) mass is 368 g/mol. The van der Waals surface area contributed by atoms with Gasteiger partial charge in [0.25, 0.3) is 5.91 Å². The van der Waals surface area contributed by atoms with Crippen molar-refractivity contribution in [2.24, 2.45) is 0 Å². The van der Waals surface area contributed by atoms with Crippen molar-refractivity contribution in [2.45, 2.75) is 26.3 Å². The lowest BCUT2D eigenvalue weighted by Crippen LogP contribution is -2.37. The standard InChI is InChI=1S/C21H24N2O4/c1-13-8-9-16(10-14(13)2)23-12-15(11-19(23)24)22-21(25)17-6-5-7-18(26-3)20(17)27-4/h5-10,15H,11-12H2,1-4H3,(H,22,25)/t15-/m1/s1. The van der Waals surface area contributed by atoms with Crippen molar-refractivity contribution in [3.05, 3.63) is 53.1 Å². The molecule has 6 nitrogen and oxygen atoms in total. The van der Waals surface area contributed by atoms with Crippen LogP contribution in [0.5, 0.6) is 11.5 Å². The number of amides is 2. The van der Waals surface area contributed by atoms with Gasteiger partial charge in [-0.15, -0.1) is 0 Å². The van der Waals surface area contributed by atoms with Crippen molar-refractivity contribution in [2.75, 3.05) is 25.7 Å². The van der Waals surface area contributed by atoms with E-state index in [2.05, 4.69) is 5.32 Å². The Morgan fingerprint density at radius 3 is 2.56 bits per heavy atom. The molecule has 1 N–H and O–H groups in total. The minimum Gasteiger partial charge on any atom is -0.493 e. The molecule has 27 heavy (non-hydrogen) atoms. The van der Waals surface area contributed by atoms with Crippen LogP contribution in [-0.4, -0.2) is 38.6 Å². The highest BCUT2D eigenvalue weighted by molar-refractivity contribution is 6.00. The van der Waals surface area contributed by atoms with Gasteiger partial charge in [0.15, 0.2) is 11.5 Å². The normalized spacial score (nSPS) is 16.4. The molecule has 1 atom stereocenters. The highest BCUT2D eigenvalue weighted by Crippen LogP contribution is 2.31. The number of benzene rings is 2. The summed E-state index contributed by atoms with van der Waals surface area (Å²) in [5, 5.41) is 2.94. The maximum atomic E-state index is 12.7. The van der Waals surface area contributed by atoms with Crippen LogP contribution in [0.2, 0.25) is 0 Å². The van der Waals surface area contributed by atoms with Crippen LogP contribution >= 0.6 is 0 Å². The number of methoxy groups -OCH3 is 2. The number of rotatable bonds is 5. The maximum absolute atomic E-state index is 12.7. The zero-order valence-electron chi connectivity index (χ0n) is 16.0. The van der Waals surface area contributed by atoms with E-state index in [1.165, 1.54) is 19.8 Å². The first-order valence-electron chi connectivity index (χ1n) is 8.84. The summed E-state index contributed by atoms with van der Waals surface area (Å²) in [4.78, 5) is 26.9. The van der Waals surface area contributed by atoms with Gasteiger partial charge in [-0.3, -0.25) is 9.59 Å². The molecular formula is C21H24N2O4. The van der Waals surface area contributed by atoms with Crippen molar-refractivity contribution >= 4 is 17.5 Å². The molecule has 1 aliphatic rings. The SMILES string of the molecule is COc1cccc(C(=O)N[C@@H]2CC(=O)N(c3ccc(C)c(C)c3)C2)c1OC. The van der Waals surface area contributed by atoms with E-state index in [4.69, 9.17) is 9.47 Å². The van der Waals surface area contributed by atoms with Crippen molar-refractivity contribution in [1.29, 1.82) is 0 Å². The first-order chi connectivity index (χ1) is 12.9. The van der Waals surface area contributed by atoms with Crippen LogP contribution in [0.1, 0.15) is 27.9 Å². The molecule has 3 rings (SSSR count). The van der Waals surface area contributed by atoms with Crippen LogP contribution in [0.4, 0.5) is 5.69 Å². The second-order valence-electron chi connectivity index (χ2n) is 6.69. The van der Waals surface area contributed by atoms with Gasteiger partial charge in [-0.2, -0.15) is 0 Å². The molecule has 1 saturated heterocycles. The van der Waals surface area contributed by atoms with Crippen LogP contribution in [0.25, 0.3) is 0 Å². The lowest BCUT2D eigenvalue weighted by atomic mass is 10.1. The molecule has 6 heteroatoms. The van der Waals surface area contributed by atoms with E-state index in [1.54, 1.807) is 23.1 Å². The second kappa shape index (κ2) is 7.70. The number of carbonyl (C=O) groups is 2. The molecule has 0 aliphatic carbocycles. The number of hydrogen-bond acceptors (Lipinski definition) is 4. The summed E-state index contributed by atoms with van der Waals surface area (Å²) in [6, 6.07) is 10.8. The van der Waals surface area contributed by atoms with E-state index in [1.807, 2.05) is 32.0 Å². The fourth-order valence-electron chi connectivity index (χ4n) is 3.28. The van der Waals surface area contributed by atoms with Gasteiger partial charge in [-0.25, -0.2) is 0 Å². The Labute approximate surface area is 159 Å². The van der Waals surface area contributed by atoms with Crippen LogP contribution in [0.3, 0.4) is 0 Å². The van der Waals surface area contributed by atoms with Crippen LogP contribution < -0.4 is 19.7 Å². The molecule has 2 aromatic rings.